The average Bonchev–Trinajstić information content (AvgIpc) is 2.94. The van der Waals surface area contributed by atoms with Crippen molar-refractivity contribution in [1.29, 1.82) is 0 Å². The Morgan fingerprint density at radius 2 is 2.12 bits per heavy atom. The number of aryl methyl sites for hydroxylation is 2. The molecule has 0 saturated carbocycles. The van der Waals surface area contributed by atoms with Gasteiger partial charge in [-0.2, -0.15) is 0 Å². The number of hydrogen-bond donors (Lipinski definition) is 1. The zero-order valence-electron chi connectivity index (χ0n) is 9.85. The van der Waals surface area contributed by atoms with Gasteiger partial charge in [0.05, 0.1) is 18.0 Å². The van der Waals surface area contributed by atoms with Crippen LogP contribution >= 0.6 is 0 Å². The summed E-state index contributed by atoms with van der Waals surface area (Å²) in [4.78, 5) is 0. The second-order valence-corrected chi connectivity index (χ2v) is 4.50. The number of aliphatic hydroxyl groups excluding tert-OH is 1. The molecule has 1 aliphatic carbocycles. The van der Waals surface area contributed by atoms with E-state index in [-0.39, 0.29) is 6.61 Å². The summed E-state index contributed by atoms with van der Waals surface area (Å²) in [5, 5.41) is 17.2. The molecule has 0 spiro atoms. The molecule has 0 atom stereocenters. The predicted octanol–water partition coefficient (Wildman–Crippen LogP) is 1.56. The average molecular weight is 229 g/mol. The van der Waals surface area contributed by atoms with Gasteiger partial charge >= 0.3 is 0 Å². The summed E-state index contributed by atoms with van der Waals surface area (Å²) >= 11 is 0. The number of hydrogen-bond acceptors (Lipinski definition) is 3. The molecule has 0 fully saturated rings. The lowest BCUT2D eigenvalue weighted by atomic mass is 10.1. The van der Waals surface area contributed by atoms with Crippen molar-refractivity contribution in [3.8, 4) is 5.69 Å². The molecular weight excluding hydrogens is 214 g/mol. The second kappa shape index (κ2) is 3.96. The van der Waals surface area contributed by atoms with E-state index in [9.17, 15) is 0 Å². The maximum absolute atomic E-state index is 9.12. The van der Waals surface area contributed by atoms with Gasteiger partial charge < -0.3 is 5.11 Å². The summed E-state index contributed by atoms with van der Waals surface area (Å²) < 4.78 is 1.80. The Balaban J connectivity index is 2.06. The smallest absolute Gasteiger partial charge is 0.111 e. The molecule has 0 saturated heterocycles. The lowest BCUT2D eigenvalue weighted by Gasteiger charge is -2.06. The molecular formula is C13H15N3O. The van der Waals surface area contributed by atoms with Crippen molar-refractivity contribution in [2.24, 2.45) is 0 Å². The van der Waals surface area contributed by atoms with Gasteiger partial charge in [0.1, 0.15) is 5.69 Å². The van der Waals surface area contributed by atoms with Gasteiger partial charge in [0.2, 0.25) is 0 Å². The lowest BCUT2D eigenvalue weighted by Crippen LogP contribution is -2.00. The van der Waals surface area contributed by atoms with Crippen LogP contribution in [0.25, 0.3) is 5.69 Å². The molecule has 17 heavy (non-hydrogen) atoms. The molecule has 0 unspecified atom stereocenters. The van der Waals surface area contributed by atoms with Crippen molar-refractivity contribution in [2.45, 2.75) is 32.8 Å². The van der Waals surface area contributed by atoms with Gasteiger partial charge in [-0.05, 0) is 49.4 Å². The summed E-state index contributed by atoms with van der Waals surface area (Å²) in [5.74, 6) is 0. The molecule has 0 bridgehead atoms. The van der Waals surface area contributed by atoms with Gasteiger partial charge in [0.25, 0.3) is 0 Å². The molecule has 88 valence electrons. The highest BCUT2D eigenvalue weighted by Gasteiger charge is 2.14. The fourth-order valence-electron chi connectivity index (χ4n) is 2.44. The van der Waals surface area contributed by atoms with Gasteiger partial charge in [-0.25, -0.2) is 4.68 Å². The number of fused-ring (bicyclic) bond motifs is 1. The molecule has 1 aromatic carbocycles. The van der Waals surface area contributed by atoms with Gasteiger partial charge in [-0.3, -0.25) is 0 Å². The maximum atomic E-state index is 9.12. The molecule has 1 aliphatic rings. The molecule has 0 aliphatic heterocycles. The molecule has 1 aromatic heterocycles. The van der Waals surface area contributed by atoms with E-state index < -0.39 is 0 Å². The lowest BCUT2D eigenvalue weighted by molar-refractivity contribution is 0.276. The second-order valence-electron chi connectivity index (χ2n) is 4.50. The molecule has 0 radical (unpaired) electrons. The molecule has 4 heteroatoms. The third kappa shape index (κ3) is 1.65. The number of nitrogens with zero attached hydrogens (tertiary/aromatic N) is 3. The van der Waals surface area contributed by atoms with Gasteiger partial charge in [-0.15, -0.1) is 5.10 Å². The monoisotopic (exact) mass is 229 g/mol. The van der Waals surface area contributed by atoms with Crippen LogP contribution in [0.5, 0.6) is 0 Å². The Labute approximate surface area is 99.9 Å². The van der Waals surface area contributed by atoms with Crippen molar-refractivity contribution in [3.05, 3.63) is 40.7 Å². The van der Waals surface area contributed by atoms with Crippen molar-refractivity contribution in [2.75, 3.05) is 0 Å². The predicted molar refractivity (Wildman–Crippen MR) is 64.0 cm³/mol. The number of rotatable bonds is 2. The summed E-state index contributed by atoms with van der Waals surface area (Å²) in [5.41, 5.74) is 5.46. The van der Waals surface area contributed by atoms with Crippen LogP contribution in [0.15, 0.2) is 18.2 Å². The standard InChI is InChI=1S/C13H15N3O/c1-9-13(8-17)14-15-16(9)12-6-5-10-3-2-4-11(10)7-12/h5-7,17H,2-4,8H2,1H3. The van der Waals surface area contributed by atoms with Crippen LogP contribution in [0.4, 0.5) is 0 Å². The SMILES string of the molecule is Cc1c(CO)nnn1-c1ccc2c(c1)CCC2. The summed E-state index contributed by atoms with van der Waals surface area (Å²) in [6.07, 6.45) is 3.59. The largest absolute Gasteiger partial charge is 0.390 e. The summed E-state index contributed by atoms with van der Waals surface area (Å²) in [6.45, 7) is 1.87. The first-order chi connectivity index (χ1) is 8.29. The summed E-state index contributed by atoms with van der Waals surface area (Å²) in [6, 6.07) is 6.44. The molecule has 1 N–H and O–H groups in total. The maximum Gasteiger partial charge on any atom is 0.111 e. The number of aromatic nitrogens is 3. The van der Waals surface area contributed by atoms with E-state index in [1.807, 2.05) is 6.92 Å². The number of benzene rings is 1. The van der Waals surface area contributed by atoms with Crippen molar-refractivity contribution >= 4 is 0 Å². The van der Waals surface area contributed by atoms with Gasteiger partial charge in [-0.1, -0.05) is 11.3 Å². The van der Waals surface area contributed by atoms with Gasteiger partial charge in [0, 0.05) is 0 Å². The summed E-state index contributed by atoms with van der Waals surface area (Å²) in [7, 11) is 0. The van der Waals surface area contributed by atoms with E-state index in [1.54, 1.807) is 4.68 Å². The zero-order valence-corrected chi connectivity index (χ0v) is 9.85. The van der Waals surface area contributed by atoms with E-state index in [1.165, 1.54) is 24.0 Å². The first-order valence-electron chi connectivity index (χ1n) is 5.94. The molecule has 2 aromatic rings. The van der Waals surface area contributed by atoms with Crippen molar-refractivity contribution in [1.82, 2.24) is 15.0 Å². The fraction of sp³-hybridized carbons (Fsp3) is 0.385. The Kier molecular flexibility index (Phi) is 2.44. The Hall–Kier alpha value is -1.68. The Morgan fingerprint density at radius 3 is 2.88 bits per heavy atom. The highest BCUT2D eigenvalue weighted by atomic mass is 16.3. The van der Waals surface area contributed by atoms with Crippen LogP contribution in [-0.2, 0) is 19.4 Å². The highest BCUT2D eigenvalue weighted by Crippen LogP contribution is 2.24. The minimum absolute atomic E-state index is 0.0588. The van der Waals surface area contributed by atoms with E-state index in [4.69, 9.17) is 5.11 Å². The van der Waals surface area contributed by atoms with Crippen LogP contribution in [0.1, 0.15) is 28.9 Å². The van der Waals surface area contributed by atoms with Gasteiger partial charge in [0.15, 0.2) is 0 Å². The normalized spacial score (nSPS) is 14.0. The Morgan fingerprint density at radius 1 is 1.29 bits per heavy atom. The van der Waals surface area contributed by atoms with E-state index in [0.29, 0.717) is 5.69 Å². The van der Waals surface area contributed by atoms with E-state index >= 15 is 0 Å². The Bertz CT molecular complexity index is 560. The van der Waals surface area contributed by atoms with E-state index in [0.717, 1.165) is 17.8 Å². The fourth-order valence-corrected chi connectivity index (χ4v) is 2.44. The van der Waals surface area contributed by atoms with Crippen LogP contribution in [0.2, 0.25) is 0 Å². The molecule has 0 amide bonds. The topological polar surface area (TPSA) is 50.9 Å². The van der Waals surface area contributed by atoms with Crippen LogP contribution in [0.3, 0.4) is 0 Å². The third-order valence-corrected chi connectivity index (χ3v) is 3.47. The molecule has 4 nitrogen and oxygen atoms in total. The zero-order chi connectivity index (χ0) is 11.8. The molecule has 3 rings (SSSR count). The minimum Gasteiger partial charge on any atom is -0.390 e. The number of aliphatic hydroxyl groups is 1. The first-order valence-corrected chi connectivity index (χ1v) is 5.94. The van der Waals surface area contributed by atoms with Crippen molar-refractivity contribution in [3.63, 3.8) is 0 Å². The molecule has 1 heterocycles. The van der Waals surface area contributed by atoms with Crippen LogP contribution < -0.4 is 0 Å². The van der Waals surface area contributed by atoms with Crippen LogP contribution in [-0.4, -0.2) is 20.1 Å². The third-order valence-electron chi connectivity index (χ3n) is 3.47. The van der Waals surface area contributed by atoms with Crippen LogP contribution in [0, 0.1) is 6.92 Å². The van der Waals surface area contributed by atoms with E-state index in [2.05, 4.69) is 28.5 Å². The highest BCUT2D eigenvalue weighted by molar-refractivity contribution is 5.43. The quantitative estimate of drug-likeness (QED) is 0.850. The minimum atomic E-state index is -0.0588. The first kappa shape index (κ1) is 10.5. The van der Waals surface area contributed by atoms with Crippen molar-refractivity contribution < 1.29 is 5.11 Å².